The van der Waals surface area contributed by atoms with E-state index in [4.69, 9.17) is 9.47 Å². The van der Waals surface area contributed by atoms with Crippen LogP contribution in [-0.2, 0) is 6.54 Å². The highest BCUT2D eigenvalue weighted by atomic mass is 79.9. The third-order valence-corrected chi connectivity index (χ3v) is 3.84. The lowest BCUT2D eigenvalue weighted by Crippen LogP contribution is -2.16. The molecule has 0 amide bonds. The minimum Gasteiger partial charge on any atom is -0.493 e. The second kappa shape index (κ2) is 10.1. The molecule has 0 saturated carbocycles. The first-order valence-corrected chi connectivity index (χ1v) is 8.22. The molecule has 0 unspecified atom stereocenters. The van der Waals surface area contributed by atoms with Gasteiger partial charge in [0.25, 0.3) is 0 Å². The number of hydrogen-bond acceptors (Lipinski definition) is 3. The fourth-order valence-corrected chi connectivity index (χ4v) is 2.44. The summed E-state index contributed by atoms with van der Waals surface area (Å²) in [6.45, 7) is 6.85. The van der Waals surface area contributed by atoms with Crippen molar-refractivity contribution in [1.29, 1.82) is 0 Å². The molecule has 0 radical (unpaired) electrons. The monoisotopic (exact) mass is 343 g/mol. The maximum atomic E-state index is 5.87. The van der Waals surface area contributed by atoms with Gasteiger partial charge < -0.3 is 14.8 Å². The van der Waals surface area contributed by atoms with Gasteiger partial charge in [0.1, 0.15) is 0 Å². The Hall–Kier alpha value is -0.740. The molecule has 0 aliphatic heterocycles. The average molecular weight is 344 g/mol. The fraction of sp³-hybridized carbons (Fsp3) is 0.625. The molecule has 114 valence electrons. The molecular weight excluding hydrogens is 318 g/mol. The molecule has 0 aliphatic carbocycles. The van der Waals surface area contributed by atoms with Crippen LogP contribution in [0, 0.1) is 0 Å². The second-order valence-electron chi connectivity index (χ2n) is 4.79. The number of unbranched alkanes of at least 4 members (excludes halogenated alkanes) is 2. The van der Waals surface area contributed by atoms with E-state index in [1.807, 2.05) is 12.1 Å². The molecule has 3 nitrogen and oxygen atoms in total. The Labute approximate surface area is 131 Å². The summed E-state index contributed by atoms with van der Waals surface area (Å²) in [6, 6.07) is 3.95. The topological polar surface area (TPSA) is 30.5 Å². The summed E-state index contributed by atoms with van der Waals surface area (Å²) in [5.74, 6) is 1.65. The molecule has 0 heterocycles. The van der Waals surface area contributed by atoms with Crippen molar-refractivity contribution in [3.05, 3.63) is 22.2 Å². The first kappa shape index (κ1) is 17.3. The van der Waals surface area contributed by atoms with Crippen LogP contribution in [0.2, 0.25) is 0 Å². The van der Waals surface area contributed by atoms with Crippen LogP contribution < -0.4 is 14.8 Å². The van der Waals surface area contributed by atoms with Gasteiger partial charge in [0, 0.05) is 16.6 Å². The molecule has 1 N–H and O–H groups in total. The van der Waals surface area contributed by atoms with Crippen molar-refractivity contribution in [3.8, 4) is 11.5 Å². The predicted octanol–water partition coefficient (Wildman–Crippen LogP) is 4.53. The zero-order valence-corrected chi connectivity index (χ0v) is 14.4. The van der Waals surface area contributed by atoms with Crippen LogP contribution in [0.3, 0.4) is 0 Å². The van der Waals surface area contributed by atoms with Gasteiger partial charge in [0.15, 0.2) is 11.5 Å². The molecule has 1 rings (SSSR count). The van der Waals surface area contributed by atoms with Gasteiger partial charge in [-0.1, -0.05) is 42.6 Å². The Morgan fingerprint density at radius 3 is 2.60 bits per heavy atom. The lowest BCUT2D eigenvalue weighted by atomic mass is 10.1. The van der Waals surface area contributed by atoms with Crippen molar-refractivity contribution in [3.63, 3.8) is 0 Å². The molecule has 0 fully saturated rings. The molecule has 20 heavy (non-hydrogen) atoms. The number of rotatable bonds is 10. The number of benzene rings is 1. The Morgan fingerprint density at radius 1 is 1.15 bits per heavy atom. The lowest BCUT2D eigenvalue weighted by molar-refractivity contribution is 0.290. The second-order valence-corrected chi connectivity index (χ2v) is 5.64. The number of methoxy groups -OCH3 is 1. The summed E-state index contributed by atoms with van der Waals surface area (Å²) in [6.07, 6.45) is 4.71. The number of hydrogen-bond donors (Lipinski definition) is 1. The van der Waals surface area contributed by atoms with Gasteiger partial charge in [0.05, 0.1) is 13.7 Å². The highest BCUT2D eigenvalue weighted by molar-refractivity contribution is 9.10. The molecule has 0 aromatic heterocycles. The smallest absolute Gasteiger partial charge is 0.166 e. The van der Waals surface area contributed by atoms with E-state index in [2.05, 4.69) is 35.1 Å². The molecule has 1 aromatic rings. The van der Waals surface area contributed by atoms with E-state index < -0.39 is 0 Å². The maximum absolute atomic E-state index is 5.87. The summed E-state index contributed by atoms with van der Waals surface area (Å²) >= 11 is 3.61. The highest BCUT2D eigenvalue weighted by Gasteiger charge is 2.14. The van der Waals surface area contributed by atoms with Gasteiger partial charge in [-0.05, 0) is 31.5 Å². The van der Waals surface area contributed by atoms with E-state index >= 15 is 0 Å². The van der Waals surface area contributed by atoms with E-state index in [0.29, 0.717) is 6.61 Å². The largest absolute Gasteiger partial charge is 0.493 e. The van der Waals surface area contributed by atoms with Gasteiger partial charge in [-0.3, -0.25) is 0 Å². The number of halogens is 1. The van der Waals surface area contributed by atoms with Gasteiger partial charge in [-0.15, -0.1) is 0 Å². The van der Waals surface area contributed by atoms with Gasteiger partial charge in [-0.25, -0.2) is 0 Å². The third-order valence-electron chi connectivity index (χ3n) is 3.10. The molecule has 0 spiro atoms. The zero-order chi connectivity index (χ0) is 14.8. The SMILES string of the molecule is CCCCCNCc1c(Br)ccc(OC)c1OCCC. The van der Waals surface area contributed by atoms with Crippen LogP contribution in [0.15, 0.2) is 16.6 Å². The van der Waals surface area contributed by atoms with Crippen LogP contribution in [0.25, 0.3) is 0 Å². The molecule has 0 bridgehead atoms. The van der Waals surface area contributed by atoms with E-state index in [1.165, 1.54) is 19.3 Å². The van der Waals surface area contributed by atoms with Crippen LogP contribution in [-0.4, -0.2) is 20.3 Å². The van der Waals surface area contributed by atoms with Gasteiger partial charge >= 0.3 is 0 Å². The Morgan fingerprint density at radius 2 is 1.95 bits per heavy atom. The summed E-state index contributed by atoms with van der Waals surface area (Å²) in [7, 11) is 1.68. The van der Waals surface area contributed by atoms with Gasteiger partial charge in [0.2, 0.25) is 0 Å². The average Bonchev–Trinajstić information content (AvgIpc) is 2.46. The fourth-order valence-electron chi connectivity index (χ4n) is 1.98. The Bertz CT molecular complexity index is 396. The van der Waals surface area contributed by atoms with E-state index in [1.54, 1.807) is 7.11 Å². The van der Waals surface area contributed by atoms with Crippen molar-refractivity contribution >= 4 is 15.9 Å². The summed E-state index contributed by atoms with van der Waals surface area (Å²) in [5.41, 5.74) is 1.13. The summed E-state index contributed by atoms with van der Waals surface area (Å²) < 4.78 is 12.3. The first-order valence-electron chi connectivity index (χ1n) is 7.43. The van der Waals surface area contributed by atoms with Crippen molar-refractivity contribution in [1.82, 2.24) is 5.32 Å². The molecule has 1 aromatic carbocycles. The predicted molar refractivity (Wildman–Crippen MR) is 87.7 cm³/mol. The first-order chi connectivity index (χ1) is 9.74. The Kier molecular flexibility index (Phi) is 8.70. The van der Waals surface area contributed by atoms with Crippen LogP contribution in [0.4, 0.5) is 0 Å². The van der Waals surface area contributed by atoms with Gasteiger partial charge in [-0.2, -0.15) is 0 Å². The Balaban J connectivity index is 2.74. The van der Waals surface area contributed by atoms with Crippen LogP contribution in [0.1, 0.15) is 45.1 Å². The van der Waals surface area contributed by atoms with Crippen molar-refractivity contribution in [2.75, 3.05) is 20.3 Å². The number of ether oxygens (including phenoxy) is 2. The minimum atomic E-state index is 0.704. The van der Waals surface area contributed by atoms with E-state index in [-0.39, 0.29) is 0 Å². The van der Waals surface area contributed by atoms with E-state index in [0.717, 1.165) is 41.0 Å². The number of nitrogens with one attached hydrogen (secondary N) is 1. The van der Waals surface area contributed by atoms with Crippen LogP contribution >= 0.6 is 15.9 Å². The zero-order valence-electron chi connectivity index (χ0n) is 12.8. The molecular formula is C16H26BrNO2. The highest BCUT2D eigenvalue weighted by Crippen LogP contribution is 2.36. The standard InChI is InChI=1S/C16H26BrNO2/c1-4-6-7-10-18-12-13-14(17)8-9-15(19-3)16(13)20-11-5-2/h8-9,18H,4-7,10-12H2,1-3H3. The van der Waals surface area contributed by atoms with Crippen molar-refractivity contribution in [2.24, 2.45) is 0 Å². The summed E-state index contributed by atoms with van der Waals surface area (Å²) in [5, 5.41) is 3.48. The van der Waals surface area contributed by atoms with Crippen LogP contribution in [0.5, 0.6) is 11.5 Å². The normalized spacial score (nSPS) is 10.6. The molecule has 0 aliphatic rings. The summed E-state index contributed by atoms with van der Waals surface area (Å²) in [4.78, 5) is 0. The van der Waals surface area contributed by atoms with Crippen molar-refractivity contribution in [2.45, 2.75) is 46.1 Å². The molecule has 0 atom stereocenters. The van der Waals surface area contributed by atoms with Crippen molar-refractivity contribution < 1.29 is 9.47 Å². The third kappa shape index (κ3) is 5.33. The molecule has 4 heteroatoms. The van der Waals surface area contributed by atoms with E-state index in [9.17, 15) is 0 Å². The maximum Gasteiger partial charge on any atom is 0.166 e. The molecule has 0 saturated heterocycles. The minimum absolute atomic E-state index is 0.704. The quantitative estimate of drug-likeness (QED) is 0.633. The lowest BCUT2D eigenvalue weighted by Gasteiger charge is -2.16.